The molecule has 5 rings (SSSR count). The van der Waals surface area contributed by atoms with Gasteiger partial charge < -0.3 is 9.55 Å². The van der Waals surface area contributed by atoms with Gasteiger partial charge >= 0.3 is 0 Å². The zero-order valence-electron chi connectivity index (χ0n) is 13.0. The molecule has 0 bridgehead atoms. The zero-order chi connectivity index (χ0) is 16.1. The normalized spacial score (nSPS) is 11.5. The van der Waals surface area contributed by atoms with Gasteiger partial charge in [0.1, 0.15) is 10.7 Å². The summed E-state index contributed by atoms with van der Waals surface area (Å²) < 4.78 is 2.05. The number of aromatic nitrogens is 4. The van der Waals surface area contributed by atoms with Gasteiger partial charge in [0.05, 0.1) is 5.69 Å². The summed E-state index contributed by atoms with van der Waals surface area (Å²) in [5.41, 5.74) is 5.40. The standard InChI is InChI=1S/C19H14N4S/c1-23-10-15(13-6-4-8-20-18(13)23)17-11-24-19(22-17)14-9-21-16-7-3-2-5-12(14)16/h2-11,21H,1H3. The predicted octanol–water partition coefficient (Wildman–Crippen LogP) is 4.85. The van der Waals surface area contributed by atoms with Crippen LogP contribution in [0.5, 0.6) is 0 Å². The summed E-state index contributed by atoms with van der Waals surface area (Å²) in [6.45, 7) is 0. The quantitative estimate of drug-likeness (QED) is 0.503. The summed E-state index contributed by atoms with van der Waals surface area (Å²) >= 11 is 1.67. The van der Waals surface area contributed by atoms with Gasteiger partial charge in [-0.15, -0.1) is 11.3 Å². The molecule has 0 aliphatic carbocycles. The molecule has 4 heterocycles. The Bertz CT molecular complexity index is 1180. The third kappa shape index (κ3) is 1.91. The van der Waals surface area contributed by atoms with E-state index in [2.05, 4.69) is 50.4 Å². The number of pyridine rings is 1. The minimum atomic E-state index is 0.981. The number of hydrogen-bond donors (Lipinski definition) is 1. The molecule has 4 nitrogen and oxygen atoms in total. The molecule has 1 aromatic carbocycles. The van der Waals surface area contributed by atoms with Crippen LogP contribution in [-0.2, 0) is 7.05 Å². The van der Waals surface area contributed by atoms with E-state index < -0.39 is 0 Å². The van der Waals surface area contributed by atoms with E-state index in [1.54, 1.807) is 11.3 Å². The molecule has 116 valence electrons. The smallest absolute Gasteiger partial charge is 0.140 e. The van der Waals surface area contributed by atoms with E-state index in [-0.39, 0.29) is 0 Å². The van der Waals surface area contributed by atoms with Crippen molar-refractivity contribution in [1.29, 1.82) is 0 Å². The van der Waals surface area contributed by atoms with Crippen LogP contribution >= 0.6 is 11.3 Å². The van der Waals surface area contributed by atoms with Crippen molar-refractivity contribution in [2.45, 2.75) is 0 Å². The van der Waals surface area contributed by atoms with Crippen molar-refractivity contribution in [1.82, 2.24) is 19.5 Å². The first-order valence-electron chi connectivity index (χ1n) is 7.74. The van der Waals surface area contributed by atoms with Gasteiger partial charge in [-0.05, 0) is 18.2 Å². The number of aryl methyl sites for hydroxylation is 1. The van der Waals surface area contributed by atoms with E-state index in [4.69, 9.17) is 4.98 Å². The number of benzene rings is 1. The summed E-state index contributed by atoms with van der Waals surface area (Å²) in [6.07, 6.45) is 5.97. The highest BCUT2D eigenvalue weighted by atomic mass is 32.1. The first-order valence-corrected chi connectivity index (χ1v) is 8.61. The van der Waals surface area contributed by atoms with E-state index in [1.807, 2.05) is 31.6 Å². The Morgan fingerprint density at radius 1 is 1.04 bits per heavy atom. The molecular formula is C19H14N4S. The summed E-state index contributed by atoms with van der Waals surface area (Å²) in [4.78, 5) is 12.7. The Kier molecular flexibility index (Phi) is 2.84. The van der Waals surface area contributed by atoms with Crippen LogP contribution < -0.4 is 0 Å². The Hall–Kier alpha value is -2.92. The number of rotatable bonds is 2. The van der Waals surface area contributed by atoms with Crippen molar-refractivity contribution < 1.29 is 0 Å². The van der Waals surface area contributed by atoms with Crippen LogP contribution in [0.4, 0.5) is 0 Å². The molecule has 0 atom stereocenters. The molecule has 4 aromatic heterocycles. The van der Waals surface area contributed by atoms with Crippen molar-refractivity contribution >= 4 is 33.3 Å². The summed E-state index contributed by atoms with van der Waals surface area (Å²) in [6, 6.07) is 12.4. The van der Waals surface area contributed by atoms with E-state index in [1.165, 1.54) is 5.39 Å². The Balaban J connectivity index is 1.67. The lowest BCUT2D eigenvalue weighted by molar-refractivity contribution is 0.949. The first kappa shape index (κ1) is 13.5. The number of para-hydroxylation sites is 1. The van der Waals surface area contributed by atoms with Gasteiger partial charge in [0.15, 0.2) is 0 Å². The van der Waals surface area contributed by atoms with E-state index in [0.717, 1.165) is 38.4 Å². The van der Waals surface area contributed by atoms with Crippen LogP contribution in [0.3, 0.4) is 0 Å². The van der Waals surface area contributed by atoms with Gasteiger partial charge in [-0.3, -0.25) is 0 Å². The minimum absolute atomic E-state index is 0.981. The van der Waals surface area contributed by atoms with Gasteiger partial charge in [-0.2, -0.15) is 0 Å². The predicted molar refractivity (Wildman–Crippen MR) is 99.1 cm³/mol. The maximum atomic E-state index is 4.89. The number of nitrogens with one attached hydrogen (secondary N) is 1. The van der Waals surface area contributed by atoms with Gasteiger partial charge in [-0.1, -0.05) is 18.2 Å². The van der Waals surface area contributed by atoms with Crippen molar-refractivity contribution in [2.75, 3.05) is 0 Å². The molecule has 0 saturated carbocycles. The highest BCUT2D eigenvalue weighted by Crippen LogP contribution is 2.35. The highest BCUT2D eigenvalue weighted by Gasteiger charge is 2.14. The van der Waals surface area contributed by atoms with E-state index >= 15 is 0 Å². The molecule has 0 unspecified atom stereocenters. The van der Waals surface area contributed by atoms with Crippen molar-refractivity contribution in [3.05, 3.63) is 60.4 Å². The molecule has 1 N–H and O–H groups in total. The lowest BCUT2D eigenvalue weighted by atomic mass is 10.1. The maximum absolute atomic E-state index is 4.89. The van der Waals surface area contributed by atoms with Crippen LogP contribution in [0.15, 0.2) is 60.4 Å². The molecule has 24 heavy (non-hydrogen) atoms. The van der Waals surface area contributed by atoms with Gasteiger partial charge in [-0.25, -0.2) is 9.97 Å². The fraction of sp³-hybridized carbons (Fsp3) is 0.0526. The Morgan fingerprint density at radius 3 is 2.88 bits per heavy atom. The summed E-state index contributed by atoms with van der Waals surface area (Å²) in [5.74, 6) is 0. The monoisotopic (exact) mass is 330 g/mol. The highest BCUT2D eigenvalue weighted by molar-refractivity contribution is 7.13. The molecule has 0 saturated heterocycles. The average molecular weight is 330 g/mol. The molecule has 5 aromatic rings. The summed E-state index contributed by atoms with van der Waals surface area (Å²) in [7, 11) is 2.02. The second-order valence-corrected chi connectivity index (χ2v) is 6.67. The number of thiazole rings is 1. The number of H-pyrrole nitrogens is 1. The maximum Gasteiger partial charge on any atom is 0.140 e. The number of fused-ring (bicyclic) bond motifs is 2. The van der Waals surface area contributed by atoms with Crippen molar-refractivity contribution in [3.63, 3.8) is 0 Å². The Morgan fingerprint density at radius 2 is 1.92 bits per heavy atom. The van der Waals surface area contributed by atoms with Gasteiger partial charge in [0, 0.05) is 58.4 Å². The molecule has 0 aliphatic heterocycles. The van der Waals surface area contributed by atoms with Crippen LogP contribution in [0.1, 0.15) is 0 Å². The molecular weight excluding hydrogens is 316 g/mol. The topological polar surface area (TPSA) is 46.5 Å². The SMILES string of the molecule is Cn1cc(-c2csc(-c3c[nH]c4ccccc34)n2)c2cccnc21. The Labute approximate surface area is 142 Å². The largest absolute Gasteiger partial charge is 0.360 e. The van der Waals surface area contributed by atoms with Crippen molar-refractivity contribution in [2.24, 2.45) is 7.05 Å². The average Bonchev–Trinajstić information content (AvgIpc) is 3.32. The number of aromatic amines is 1. The minimum Gasteiger partial charge on any atom is -0.360 e. The summed E-state index contributed by atoms with van der Waals surface area (Å²) in [5, 5.41) is 5.50. The van der Waals surface area contributed by atoms with Crippen LogP contribution in [0, 0.1) is 0 Å². The third-order valence-electron chi connectivity index (χ3n) is 4.33. The zero-order valence-corrected chi connectivity index (χ0v) is 13.8. The van der Waals surface area contributed by atoms with E-state index in [9.17, 15) is 0 Å². The van der Waals surface area contributed by atoms with Crippen LogP contribution in [-0.4, -0.2) is 19.5 Å². The molecule has 0 fully saturated rings. The number of hydrogen-bond acceptors (Lipinski definition) is 3. The van der Waals surface area contributed by atoms with Crippen molar-refractivity contribution in [3.8, 4) is 21.8 Å². The van der Waals surface area contributed by atoms with E-state index in [0.29, 0.717) is 0 Å². The second kappa shape index (κ2) is 5.04. The molecule has 0 spiro atoms. The lowest BCUT2D eigenvalue weighted by Gasteiger charge is -1.95. The molecule has 0 amide bonds. The fourth-order valence-corrected chi connectivity index (χ4v) is 4.04. The molecule has 0 radical (unpaired) electrons. The first-order chi connectivity index (χ1) is 11.8. The second-order valence-electron chi connectivity index (χ2n) is 5.81. The van der Waals surface area contributed by atoms with Crippen LogP contribution in [0.25, 0.3) is 43.8 Å². The molecule has 5 heteroatoms. The number of nitrogens with zero attached hydrogens (tertiary/aromatic N) is 3. The van der Waals surface area contributed by atoms with Gasteiger partial charge in [0.25, 0.3) is 0 Å². The fourth-order valence-electron chi connectivity index (χ4n) is 3.19. The third-order valence-corrected chi connectivity index (χ3v) is 5.21. The van der Waals surface area contributed by atoms with Crippen LogP contribution in [0.2, 0.25) is 0 Å². The van der Waals surface area contributed by atoms with Gasteiger partial charge in [0.2, 0.25) is 0 Å². The molecule has 0 aliphatic rings. The lowest BCUT2D eigenvalue weighted by Crippen LogP contribution is -1.85.